The standard InChI is InChI=1S/C19H26N4O4S/c1-28(25,26)21-16-2-4-19(5-3-16)27-15-18(24)14-22-10-12-23(13-11-22)17-6-8-20-9-7-17/h2-9,18,21,24H,10-15H2,1H3/t18-/m1/s1. The number of nitrogens with one attached hydrogen (secondary N) is 1. The van der Waals surface area contributed by atoms with Crippen LogP contribution in [0.1, 0.15) is 0 Å². The lowest BCUT2D eigenvalue weighted by molar-refractivity contribution is 0.0663. The Bertz CT molecular complexity index is 838. The van der Waals surface area contributed by atoms with E-state index in [1.807, 2.05) is 12.1 Å². The maximum atomic E-state index is 11.2. The Balaban J connectivity index is 1.39. The molecule has 0 saturated carbocycles. The molecule has 1 aromatic heterocycles. The Morgan fingerprint density at radius 2 is 1.75 bits per heavy atom. The third kappa shape index (κ3) is 6.36. The number of ether oxygens (including phenoxy) is 1. The van der Waals surface area contributed by atoms with Gasteiger partial charge in [0.2, 0.25) is 10.0 Å². The van der Waals surface area contributed by atoms with Gasteiger partial charge in [-0.3, -0.25) is 14.6 Å². The van der Waals surface area contributed by atoms with E-state index in [0.717, 1.165) is 32.4 Å². The molecular formula is C19H26N4O4S. The van der Waals surface area contributed by atoms with E-state index in [2.05, 4.69) is 19.5 Å². The first-order chi connectivity index (χ1) is 13.4. The van der Waals surface area contributed by atoms with Gasteiger partial charge in [0, 0.05) is 56.5 Å². The van der Waals surface area contributed by atoms with Gasteiger partial charge in [0.1, 0.15) is 18.5 Å². The van der Waals surface area contributed by atoms with Gasteiger partial charge in [0.05, 0.1) is 6.26 Å². The van der Waals surface area contributed by atoms with Gasteiger partial charge in [-0.1, -0.05) is 0 Å². The molecule has 2 heterocycles. The Morgan fingerprint density at radius 3 is 2.36 bits per heavy atom. The van der Waals surface area contributed by atoms with E-state index >= 15 is 0 Å². The number of piperazine rings is 1. The fourth-order valence-corrected chi connectivity index (χ4v) is 3.68. The van der Waals surface area contributed by atoms with Crippen molar-refractivity contribution in [3.8, 4) is 5.75 Å². The number of pyridine rings is 1. The van der Waals surface area contributed by atoms with E-state index < -0.39 is 16.1 Å². The number of aliphatic hydroxyl groups excluding tert-OH is 1. The smallest absolute Gasteiger partial charge is 0.229 e. The van der Waals surface area contributed by atoms with Crippen LogP contribution in [0.25, 0.3) is 0 Å². The zero-order valence-corrected chi connectivity index (χ0v) is 16.7. The summed E-state index contributed by atoms with van der Waals surface area (Å²) in [6.45, 7) is 4.32. The Morgan fingerprint density at radius 1 is 1.11 bits per heavy atom. The summed E-state index contributed by atoms with van der Waals surface area (Å²) < 4.78 is 30.4. The van der Waals surface area contributed by atoms with Gasteiger partial charge >= 0.3 is 0 Å². The Kier molecular flexibility index (Phi) is 6.71. The van der Waals surface area contributed by atoms with Crippen LogP contribution in [0.5, 0.6) is 5.75 Å². The molecule has 1 fully saturated rings. The molecule has 1 aromatic carbocycles. The zero-order chi connectivity index (χ0) is 20.0. The first kappa shape index (κ1) is 20.4. The minimum atomic E-state index is -3.30. The van der Waals surface area contributed by atoms with E-state index in [1.54, 1.807) is 36.7 Å². The average molecular weight is 407 g/mol. The SMILES string of the molecule is CS(=O)(=O)Nc1ccc(OC[C@H](O)CN2CCN(c3ccncc3)CC2)cc1. The summed E-state index contributed by atoms with van der Waals surface area (Å²) in [5, 5.41) is 10.3. The first-order valence-corrected chi connectivity index (χ1v) is 11.0. The number of aromatic nitrogens is 1. The number of anilines is 2. The summed E-state index contributed by atoms with van der Waals surface area (Å²) in [6.07, 6.45) is 4.10. The van der Waals surface area contributed by atoms with E-state index in [-0.39, 0.29) is 6.61 Å². The largest absolute Gasteiger partial charge is 0.491 e. The topological polar surface area (TPSA) is 95.0 Å². The molecule has 1 aliphatic heterocycles. The molecule has 0 amide bonds. The summed E-state index contributed by atoms with van der Waals surface area (Å²) in [4.78, 5) is 8.59. The second kappa shape index (κ2) is 9.22. The molecule has 0 bridgehead atoms. The van der Waals surface area contributed by atoms with Crippen LogP contribution in [-0.2, 0) is 10.0 Å². The van der Waals surface area contributed by atoms with Gasteiger partial charge in [-0.05, 0) is 36.4 Å². The number of nitrogens with zero attached hydrogens (tertiary/aromatic N) is 3. The molecule has 3 rings (SSSR count). The van der Waals surface area contributed by atoms with Crippen molar-refractivity contribution >= 4 is 21.4 Å². The summed E-state index contributed by atoms with van der Waals surface area (Å²) in [7, 11) is -3.30. The van der Waals surface area contributed by atoms with Crippen LogP contribution in [-0.4, -0.2) is 75.1 Å². The molecule has 1 saturated heterocycles. The number of benzene rings is 1. The van der Waals surface area contributed by atoms with Gasteiger partial charge in [0.15, 0.2) is 0 Å². The monoisotopic (exact) mass is 406 g/mol. The predicted octanol–water partition coefficient (Wildman–Crippen LogP) is 1.01. The van der Waals surface area contributed by atoms with Crippen molar-refractivity contribution in [1.29, 1.82) is 0 Å². The molecule has 28 heavy (non-hydrogen) atoms. The molecule has 1 atom stereocenters. The molecule has 1 aliphatic rings. The first-order valence-electron chi connectivity index (χ1n) is 9.15. The van der Waals surface area contributed by atoms with Gasteiger partial charge in [-0.25, -0.2) is 8.42 Å². The minimum Gasteiger partial charge on any atom is -0.491 e. The summed E-state index contributed by atoms with van der Waals surface area (Å²) in [5.74, 6) is 0.584. The van der Waals surface area contributed by atoms with Gasteiger partial charge in [-0.2, -0.15) is 0 Å². The lowest BCUT2D eigenvalue weighted by Crippen LogP contribution is -2.49. The fraction of sp³-hybridized carbons (Fsp3) is 0.421. The molecule has 0 spiro atoms. The molecule has 0 radical (unpaired) electrons. The second-order valence-electron chi connectivity index (χ2n) is 6.86. The molecule has 152 valence electrons. The third-order valence-corrected chi connectivity index (χ3v) is 5.08. The number of aliphatic hydroxyl groups is 1. The molecule has 2 aromatic rings. The fourth-order valence-electron chi connectivity index (χ4n) is 3.12. The maximum Gasteiger partial charge on any atom is 0.229 e. The van der Waals surface area contributed by atoms with Crippen molar-refractivity contribution in [3.63, 3.8) is 0 Å². The molecule has 8 nitrogen and oxygen atoms in total. The molecule has 0 unspecified atom stereocenters. The number of hydrogen-bond donors (Lipinski definition) is 2. The summed E-state index contributed by atoms with van der Waals surface area (Å²) in [6, 6.07) is 10.6. The average Bonchev–Trinajstić information content (AvgIpc) is 2.68. The minimum absolute atomic E-state index is 0.184. The molecule has 2 N–H and O–H groups in total. The van der Waals surface area contributed by atoms with Crippen molar-refractivity contribution in [2.75, 3.05) is 55.2 Å². The highest BCUT2D eigenvalue weighted by Gasteiger charge is 2.19. The van der Waals surface area contributed by atoms with Crippen molar-refractivity contribution in [2.24, 2.45) is 0 Å². The summed E-state index contributed by atoms with van der Waals surface area (Å²) in [5.41, 5.74) is 1.65. The van der Waals surface area contributed by atoms with Crippen LogP contribution in [0.2, 0.25) is 0 Å². The van der Waals surface area contributed by atoms with Crippen LogP contribution in [0.3, 0.4) is 0 Å². The van der Waals surface area contributed by atoms with Crippen LogP contribution < -0.4 is 14.4 Å². The van der Waals surface area contributed by atoms with Crippen molar-refractivity contribution in [2.45, 2.75) is 6.10 Å². The number of sulfonamides is 1. The molecule has 0 aliphatic carbocycles. The lowest BCUT2D eigenvalue weighted by Gasteiger charge is -2.36. The van der Waals surface area contributed by atoms with Crippen LogP contribution in [0.4, 0.5) is 11.4 Å². The maximum absolute atomic E-state index is 11.2. The van der Waals surface area contributed by atoms with Crippen molar-refractivity contribution < 1.29 is 18.3 Å². The second-order valence-corrected chi connectivity index (χ2v) is 8.60. The van der Waals surface area contributed by atoms with E-state index in [1.165, 1.54) is 5.69 Å². The number of hydrogen-bond acceptors (Lipinski definition) is 7. The van der Waals surface area contributed by atoms with Gasteiger partial charge in [-0.15, -0.1) is 0 Å². The number of rotatable bonds is 8. The van der Waals surface area contributed by atoms with Crippen LogP contribution in [0, 0.1) is 0 Å². The number of β-amino-alcohol motifs (C(OH)–C–C–N with tert-alkyl or cyclic N) is 1. The van der Waals surface area contributed by atoms with Crippen LogP contribution >= 0.6 is 0 Å². The Hall–Kier alpha value is -2.36. The van der Waals surface area contributed by atoms with Gasteiger partial charge in [0.25, 0.3) is 0 Å². The van der Waals surface area contributed by atoms with Crippen molar-refractivity contribution in [1.82, 2.24) is 9.88 Å². The quantitative estimate of drug-likeness (QED) is 0.676. The lowest BCUT2D eigenvalue weighted by atomic mass is 10.2. The van der Waals surface area contributed by atoms with E-state index in [9.17, 15) is 13.5 Å². The summed E-state index contributed by atoms with van der Waals surface area (Å²) >= 11 is 0. The zero-order valence-electron chi connectivity index (χ0n) is 15.9. The van der Waals surface area contributed by atoms with Gasteiger partial charge < -0.3 is 14.7 Å². The van der Waals surface area contributed by atoms with Crippen molar-refractivity contribution in [3.05, 3.63) is 48.8 Å². The predicted molar refractivity (Wildman–Crippen MR) is 109 cm³/mol. The Labute approximate surface area is 165 Å². The highest BCUT2D eigenvalue weighted by molar-refractivity contribution is 7.92. The molecule has 9 heteroatoms. The molecular weight excluding hydrogens is 380 g/mol. The third-order valence-electron chi connectivity index (χ3n) is 4.47. The van der Waals surface area contributed by atoms with E-state index in [4.69, 9.17) is 4.74 Å². The van der Waals surface area contributed by atoms with Crippen LogP contribution in [0.15, 0.2) is 48.8 Å². The normalized spacial score (nSPS) is 16.6. The van der Waals surface area contributed by atoms with E-state index in [0.29, 0.717) is 18.0 Å². The highest BCUT2D eigenvalue weighted by Crippen LogP contribution is 2.17. The highest BCUT2D eigenvalue weighted by atomic mass is 32.2.